The molecule has 0 radical (unpaired) electrons. The largest absolute Gasteiger partial charge is 0.508 e. The van der Waals surface area contributed by atoms with Gasteiger partial charge < -0.3 is 15.2 Å². The highest BCUT2D eigenvalue weighted by Gasteiger charge is 2.09. The highest BCUT2D eigenvalue weighted by molar-refractivity contribution is 7.80. The molecule has 0 atom stereocenters. The third-order valence-corrected chi connectivity index (χ3v) is 5.39. The molecule has 0 aliphatic rings. The molecule has 0 unspecified atom stereocenters. The maximum absolute atomic E-state index is 9.38. The molecule has 0 heterocycles. The SMILES string of the molecule is CCCCCOc1ccc(C(=S)NCCc2ccc(O)cc2)cc1CCCCC. The van der Waals surface area contributed by atoms with E-state index in [4.69, 9.17) is 17.0 Å². The van der Waals surface area contributed by atoms with Gasteiger partial charge in [-0.15, -0.1) is 0 Å². The molecule has 0 bridgehead atoms. The minimum Gasteiger partial charge on any atom is -0.508 e. The summed E-state index contributed by atoms with van der Waals surface area (Å²) >= 11 is 5.63. The fraction of sp³-hybridized carbons (Fsp3) is 0.480. The van der Waals surface area contributed by atoms with E-state index in [0.29, 0.717) is 5.75 Å². The smallest absolute Gasteiger partial charge is 0.122 e. The van der Waals surface area contributed by atoms with E-state index in [1.54, 1.807) is 12.1 Å². The lowest BCUT2D eigenvalue weighted by molar-refractivity contribution is 0.303. The van der Waals surface area contributed by atoms with Crippen LogP contribution in [0.2, 0.25) is 0 Å². The van der Waals surface area contributed by atoms with E-state index in [0.717, 1.165) is 48.7 Å². The van der Waals surface area contributed by atoms with Crippen LogP contribution in [0.25, 0.3) is 0 Å². The van der Waals surface area contributed by atoms with Crippen molar-refractivity contribution < 1.29 is 9.84 Å². The summed E-state index contributed by atoms with van der Waals surface area (Å²) in [6.45, 7) is 5.99. The summed E-state index contributed by atoms with van der Waals surface area (Å²) in [6.07, 6.45) is 9.02. The first-order valence-corrected chi connectivity index (χ1v) is 11.4. The molecule has 2 aromatic rings. The number of phenols is 1. The predicted octanol–water partition coefficient (Wildman–Crippen LogP) is 6.20. The van der Waals surface area contributed by atoms with E-state index in [9.17, 15) is 5.11 Å². The van der Waals surface area contributed by atoms with E-state index in [-0.39, 0.29) is 0 Å². The van der Waals surface area contributed by atoms with Gasteiger partial charge in [0.25, 0.3) is 0 Å². The number of ether oxygens (including phenoxy) is 1. The number of hydrogen-bond donors (Lipinski definition) is 2. The van der Waals surface area contributed by atoms with Crippen LogP contribution in [-0.2, 0) is 12.8 Å². The number of hydrogen-bond acceptors (Lipinski definition) is 3. The van der Waals surface area contributed by atoms with Gasteiger partial charge in [0.2, 0.25) is 0 Å². The number of rotatable bonds is 13. The topological polar surface area (TPSA) is 41.5 Å². The molecule has 0 saturated heterocycles. The molecular formula is C25H35NO2S. The second-order valence-corrected chi connectivity index (χ2v) is 7.92. The van der Waals surface area contributed by atoms with Crippen LogP contribution in [0.4, 0.5) is 0 Å². The predicted molar refractivity (Wildman–Crippen MR) is 126 cm³/mol. The standard InChI is InChI=1S/C25H35NO2S/c1-3-5-7-9-21-19-22(12-15-24(21)28-18-8-6-4-2)25(29)26-17-16-20-10-13-23(27)14-11-20/h10-15,19,27H,3-9,16-18H2,1-2H3,(H,26,29). The van der Waals surface area contributed by atoms with Crippen molar-refractivity contribution in [2.75, 3.05) is 13.2 Å². The maximum atomic E-state index is 9.38. The van der Waals surface area contributed by atoms with Crippen LogP contribution in [0.5, 0.6) is 11.5 Å². The van der Waals surface area contributed by atoms with E-state index >= 15 is 0 Å². The van der Waals surface area contributed by atoms with Gasteiger partial charge in [0.05, 0.1) is 6.61 Å². The van der Waals surface area contributed by atoms with E-state index in [1.807, 2.05) is 12.1 Å². The molecule has 158 valence electrons. The fourth-order valence-corrected chi connectivity index (χ4v) is 3.47. The number of unbranched alkanes of at least 4 members (excludes halogenated alkanes) is 4. The lowest BCUT2D eigenvalue weighted by Gasteiger charge is -2.15. The Hall–Kier alpha value is -2.07. The van der Waals surface area contributed by atoms with Crippen LogP contribution in [0.3, 0.4) is 0 Å². The molecule has 2 rings (SSSR count). The Morgan fingerprint density at radius 3 is 2.38 bits per heavy atom. The van der Waals surface area contributed by atoms with Gasteiger partial charge in [-0.25, -0.2) is 0 Å². The summed E-state index contributed by atoms with van der Waals surface area (Å²) in [5.74, 6) is 1.30. The number of aromatic hydroxyl groups is 1. The monoisotopic (exact) mass is 413 g/mol. The molecule has 0 aliphatic heterocycles. The van der Waals surface area contributed by atoms with Gasteiger partial charge in [-0.3, -0.25) is 0 Å². The maximum Gasteiger partial charge on any atom is 0.122 e. The Balaban J connectivity index is 1.95. The Morgan fingerprint density at radius 1 is 0.931 bits per heavy atom. The van der Waals surface area contributed by atoms with Gasteiger partial charge in [-0.1, -0.05) is 63.9 Å². The van der Waals surface area contributed by atoms with Crippen LogP contribution >= 0.6 is 12.2 Å². The molecule has 0 aliphatic carbocycles. The first-order valence-electron chi connectivity index (χ1n) is 11.0. The van der Waals surface area contributed by atoms with Crippen LogP contribution in [0.15, 0.2) is 42.5 Å². The molecule has 0 aromatic heterocycles. The van der Waals surface area contributed by atoms with Gasteiger partial charge in [0, 0.05) is 12.1 Å². The van der Waals surface area contributed by atoms with Crippen LogP contribution in [-0.4, -0.2) is 23.2 Å². The Bertz CT molecular complexity index is 743. The van der Waals surface area contributed by atoms with Gasteiger partial charge in [-0.2, -0.15) is 0 Å². The van der Waals surface area contributed by atoms with Crippen molar-refractivity contribution in [1.82, 2.24) is 5.32 Å². The molecule has 3 nitrogen and oxygen atoms in total. The van der Waals surface area contributed by atoms with Crippen molar-refractivity contribution in [3.8, 4) is 11.5 Å². The number of benzene rings is 2. The first kappa shape index (κ1) is 23.2. The number of phenolic OH excluding ortho intramolecular Hbond substituents is 1. The van der Waals surface area contributed by atoms with Crippen LogP contribution in [0, 0.1) is 0 Å². The summed E-state index contributed by atoms with van der Waals surface area (Å²) in [7, 11) is 0. The van der Waals surface area contributed by atoms with Gasteiger partial charge in [0.1, 0.15) is 16.5 Å². The molecule has 0 spiro atoms. The summed E-state index contributed by atoms with van der Waals surface area (Å²) in [4.78, 5) is 0.776. The first-order chi connectivity index (χ1) is 14.1. The minimum absolute atomic E-state index is 0.296. The van der Waals surface area contributed by atoms with Crippen molar-refractivity contribution in [2.45, 2.75) is 65.2 Å². The number of thiocarbonyl (C=S) groups is 1. The average Bonchev–Trinajstić information content (AvgIpc) is 2.73. The van der Waals surface area contributed by atoms with Crippen molar-refractivity contribution in [2.24, 2.45) is 0 Å². The summed E-state index contributed by atoms with van der Waals surface area (Å²) in [6, 6.07) is 13.7. The van der Waals surface area contributed by atoms with Crippen LogP contribution < -0.4 is 10.1 Å². The zero-order chi connectivity index (χ0) is 20.9. The summed E-state index contributed by atoms with van der Waals surface area (Å²) in [5, 5.41) is 12.7. The fourth-order valence-electron chi connectivity index (χ4n) is 3.24. The van der Waals surface area contributed by atoms with Gasteiger partial charge in [-0.05, 0) is 67.1 Å². The molecule has 0 amide bonds. The van der Waals surface area contributed by atoms with E-state index in [2.05, 4.69) is 37.4 Å². The zero-order valence-electron chi connectivity index (χ0n) is 17.9. The van der Waals surface area contributed by atoms with Crippen molar-refractivity contribution in [1.29, 1.82) is 0 Å². The molecule has 2 N–H and O–H groups in total. The lowest BCUT2D eigenvalue weighted by Crippen LogP contribution is -2.24. The molecule has 4 heteroatoms. The molecule has 0 saturated carbocycles. The van der Waals surface area contributed by atoms with E-state index in [1.165, 1.54) is 43.2 Å². The Kier molecular flexibility index (Phi) is 10.6. The van der Waals surface area contributed by atoms with Crippen molar-refractivity contribution in [3.05, 3.63) is 59.2 Å². The average molecular weight is 414 g/mol. The molecule has 29 heavy (non-hydrogen) atoms. The highest BCUT2D eigenvalue weighted by Crippen LogP contribution is 2.23. The number of nitrogens with one attached hydrogen (secondary N) is 1. The second kappa shape index (κ2) is 13.2. The highest BCUT2D eigenvalue weighted by atomic mass is 32.1. The molecule has 0 fully saturated rings. The Morgan fingerprint density at radius 2 is 1.66 bits per heavy atom. The van der Waals surface area contributed by atoms with Crippen LogP contribution in [0.1, 0.15) is 69.1 Å². The van der Waals surface area contributed by atoms with Crippen molar-refractivity contribution >= 4 is 17.2 Å². The summed E-state index contributed by atoms with van der Waals surface area (Å²) in [5.41, 5.74) is 3.49. The lowest BCUT2D eigenvalue weighted by atomic mass is 10.0. The van der Waals surface area contributed by atoms with Gasteiger partial charge in [0.15, 0.2) is 0 Å². The Labute approximate surface area is 181 Å². The van der Waals surface area contributed by atoms with E-state index < -0.39 is 0 Å². The van der Waals surface area contributed by atoms with Crippen molar-refractivity contribution in [3.63, 3.8) is 0 Å². The molecule has 2 aromatic carbocycles. The number of aryl methyl sites for hydroxylation is 1. The second-order valence-electron chi connectivity index (χ2n) is 7.51. The quantitative estimate of drug-likeness (QED) is 0.303. The normalized spacial score (nSPS) is 10.7. The minimum atomic E-state index is 0.296. The zero-order valence-corrected chi connectivity index (χ0v) is 18.7. The third-order valence-electron chi connectivity index (χ3n) is 5.01. The van der Waals surface area contributed by atoms with Gasteiger partial charge >= 0.3 is 0 Å². The summed E-state index contributed by atoms with van der Waals surface area (Å²) < 4.78 is 6.07. The molecular weight excluding hydrogens is 378 g/mol. The third kappa shape index (κ3) is 8.45.